The molecule has 3 rings (SSSR count). The average Bonchev–Trinajstić information content (AvgIpc) is 2.88. The van der Waals surface area contributed by atoms with Crippen molar-refractivity contribution in [2.45, 2.75) is 6.42 Å². The predicted octanol–water partition coefficient (Wildman–Crippen LogP) is 3.45. The van der Waals surface area contributed by atoms with E-state index < -0.39 is 5.97 Å². The number of aromatic nitrogens is 1. The Kier molecular flexibility index (Phi) is 3.62. The van der Waals surface area contributed by atoms with Crippen LogP contribution >= 0.6 is 11.6 Å². The summed E-state index contributed by atoms with van der Waals surface area (Å²) in [6.07, 6.45) is 3.92. The van der Waals surface area contributed by atoms with Crippen LogP contribution in [-0.4, -0.2) is 22.7 Å². The number of ether oxygens (including phenoxy) is 1. The summed E-state index contributed by atoms with van der Waals surface area (Å²) in [6, 6.07) is 8.77. The highest BCUT2D eigenvalue weighted by Gasteiger charge is 2.21. The lowest BCUT2D eigenvalue weighted by Crippen LogP contribution is -2.05. The molecule has 0 aliphatic heterocycles. The molecule has 1 heterocycles. The third-order valence-electron chi connectivity index (χ3n) is 3.31. The van der Waals surface area contributed by atoms with Crippen LogP contribution in [0.15, 0.2) is 42.1 Å². The third-order valence-corrected chi connectivity index (χ3v) is 3.63. The van der Waals surface area contributed by atoms with E-state index in [2.05, 4.69) is 4.98 Å². The van der Waals surface area contributed by atoms with Gasteiger partial charge in [0.25, 0.3) is 0 Å². The molecule has 0 radical (unpaired) electrons. The molecule has 1 aliphatic carbocycles. The van der Waals surface area contributed by atoms with Crippen LogP contribution < -0.4 is 4.74 Å². The minimum absolute atomic E-state index is 0.295. The van der Waals surface area contributed by atoms with Crippen LogP contribution in [0.5, 0.6) is 5.75 Å². The molecule has 0 saturated carbocycles. The number of nitrogens with zero attached hydrogens (tertiary/aromatic N) is 1. The first-order chi connectivity index (χ1) is 10.1. The normalized spacial score (nSPS) is 12.7. The van der Waals surface area contributed by atoms with Gasteiger partial charge in [0.05, 0.1) is 16.3 Å². The third kappa shape index (κ3) is 2.76. The molecule has 0 fully saturated rings. The van der Waals surface area contributed by atoms with Crippen molar-refractivity contribution in [2.24, 2.45) is 0 Å². The molecule has 1 N–H and O–H groups in total. The molecule has 0 spiro atoms. The molecule has 0 atom stereocenters. The standard InChI is InChI=1S/C16H12ClNO3/c17-13-3-1-2-4-15(13)21-9-10-7-12-11(16(19)20)5-6-18-14(12)8-10/h1-6,8H,7,9H2,(H,19,20). The minimum atomic E-state index is -0.935. The summed E-state index contributed by atoms with van der Waals surface area (Å²) in [5.41, 5.74) is 2.71. The number of benzene rings is 1. The first-order valence-corrected chi connectivity index (χ1v) is 6.81. The van der Waals surface area contributed by atoms with Gasteiger partial charge in [-0.1, -0.05) is 23.7 Å². The Morgan fingerprint density at radius 3 is 2.90 bits per heavy atom. The number of hydrogen-bond acceptors (Lipinski definition) is 3. The van der Waals surface area contributed by atoms with Crippen LogP contribution in [0.1, 0.15) is 21.6 Å². The van der Waals surface area contributed by atoms with Crippen molar-refractivity contribution >= 4 is 23.6 Å². The number of rotatable bonds is 4. The van der Waals surface area contributed by atoms with Crippen molar-refractivity contribution < 1.29 is 14.6 Å². The fourth-order valence-electron chi connectivity index (χ4n) is 2.32. The molecule has 2 aromatic rings. The van der Waals surface area contributed by atoms with Gasteiger partial charge in [0.1, 0.15) is 12.4 Å². The Balaban J connectivity index is 1.75. The maximum Gasteiger partial charge on any atom is 0.336 e. The molecule has 106 valence electrons. The Morgan fingerprint density at radius 1 is 1.33 bits per heavy atom. The number of carboxylic acids is 1. The fourth-order valence-corrected chi connectivity index (χ4v) is 2.51. The number of carbonyl (C=O) groups is 1. The Labute approximate surface area is 126 Å². The van der Waals surface area contributed by atoms with Crippen LogP contribution in [0.2, 0.25) is 5.02 Å². The monoisotopic (exact) mass is 301 g/mol. The lowest BCUT2D eigenvalue weighted by atomic mass is 10.1. The smallest absolute Gasteiger partial charge is 0.336 e. The van der Waals surface area contributed by atoms with Gasteiger partial charge in [0.15, 0.2) is 0 Å². The molecule has 5 heteroatoms. The number of pyridine rings is 1. The largest absolute Gasteiger partial charge is 0.488 e. The maximum atomic E-state index is 11.2. The highest BCUT2D eigenvalue weighted by Crippen LogP contribution is 2.28. The first-order valence-electron chi connectivity index (χ1n) is 6.43. The Hall–Kier alpha value is -2.33. The van der Waals surface area contributed by atoms with Crippen LogP contribution in [0.4, 0.5) is 0 Å². The molecule has 0 unspecified atom stereocenters. The van der Waals surface area contributed by atoms with E-state index in [1.54, 1.807) is 12.1 Å². The van der Waals surface area contributed by atoms with Crippen LogP contribution in [0, 0.1) is 0 Å². The van der Waals surface area contributed by atoms with Gasteiger partial charge in [-0.3, -0.25) is 4.98 Å². The van der Waals surface area contributed by atoms with Gasteiger partial charge in [0, 0.05) is 12.6 Å². The van der Waals surface area contributed by atoms with Gasteiger partial charge in [0.2, 0.25) is 0 Å². The van der Waals surface area contributed by atoms with Crippen molar-refractivity contribution in [3.63, 3.8) is 0 Å². The fraction of sp³-hybridized carbons (Fsp3) is 0.125. The zero-order chi connectivity index (χ0) is 14.8. The number of hydrogen-bond donors (Lipinski definition) is 1. The summed E-state index contributed by atoms with van der Waals surface area (Å²) in [7, 11) is 0. The summed E-state index contributed by atoms with van der Waals surface area (Å²) < 4.78 is 5.68. The zero-order valence-corrected chi connectivity index (χ0v) is 11.8. The maximum absolute atomic E-state index is 11.2. The van der Waals surface area contributed by atoms with Crippen molar-refractivity contribution in [2.75, 3.05) is 6.61 Å². The molecular formula is C16H12ClNO3. The lowest BCUT2D eigenvalue weighted by Gasteiger charge is -2.08. The minimum Gasteiger partial charge on any atom is -0.488 e. The highest BCUT2D eigenvalue weighted by molar-refractivity contribution is 6.32. The van der Waals surface area contributed by atoms with Gasteiger partial charge in [-0.05, 0) is 35.4 Å². The second-order valence-corrected chi connectivity index (χ2v) is 5.13. The summed E-state index contributed by atoms with van der Waals surface area (Å²) in [5, 5.41) is 9.73. The van der Waals surface area contributed by atoms with Crippen molar-refractivity contribution in [3.8, 4) is 5.75 Å². The molecule has 1 aromatic carbocycles. The molecule has 0 bridgehead atoms. The quantitative estimate of drug-likeness (QED) is 0.939. The topological polar surface area (TPSA) is 59.4 Å². The van der Waals surface area contributed by atoms with E-state index in [1.165, 1.54) is 12.3 Å². The van der Waals surface area contributed by atoms with Gasteiger partial charge < -0.3 is 9.84 Å². The van der Waals surface area contributed by atoms with E-state index in [0.29, 0.717) is 35.1 Å². The average molecular weight is 302 g/mol. The molecule has 1 aliphatic rings. The van der Waals surface area contributed by atoms with E-state index in [9.17, 15) is 9.90 Å². The highest BCUT2D eigenvalue weighted by atomic mass is 35.5. The van der Waals surface area contributed by atoms with E-state index in [-0.39, 0.29) is 0 Å². The molecule has 0 saturated heterocycles. The molecule has 0 amide bonds. The summed E-state index contributed by atoms with van der Waals surface area (Å²) in [5.74, 6) is -0.322. The molecule has 21 heavy (non-hydrogen) atoms. The Morgan fingerprint density at radius 2 is 2.14 bits per heavy atom. The van der Waals surface area contributed by atoms with Gasteiger partial charge in [-0.25, -0.2) is 4.79 Å². The summed E-state index contributed by atoms with van der Waals surface area (Å²) in [6.45, 7) is 0.360. The zero-order valence-electron chi connectivity index (χ0n) is 11.0. The molecular weight excluding hydrogens is 290 g/mol. The predicted molar refractivity (Wildman–Crippen MR) is 79.8 cm³/mol. The van der Waals surface area contributed by atoms with E-state index >= 15 is 0 Å². The second kappa shape index (κ2) is 5.58. The van der Waals surface area contributed by atoms with Gasteiger partial charge in [-0.2, -0.15) is 0 Å². The second-order valence-electron chi connectivity index (χ2n) is 4.73. The molecule has 4 nitrogen and oxygen atoms in total. The van der Waals surface area contributed by atoms with Crippen molar-refractivity contribution in [3.05, 3.63) is 63.9 Å². The van der Waals surface area contributed by atoms with E-state index in [1.807, 2.05) is 18.2 Å². The van der Waals surface area contributed by atoms with Crippen molar-refractivity contribution in [1.82, 2.24) is 4.98 Å². The number of para-hydroxylation sites is 1. The SMILES string of the molecule is O=C(O)c1ccnc2c1CC(COc1ccccc1Cl)=C2. The summed E-state index contributed by atoms with van der Waals surface area (Å²) in [4.78, 5) is 15.4. The van der Waals surface area contributed by atoms with E-state index in [4.69, 9.17) is 16.3 Å². The number of halogens is 1. The van der Waals surface area contributed by atoms with Gasteiger partial charge >= 0.3 is 5.97 Å². The number of fused-ring (bicyclic) bond motifs is 1. The number of carboxylic acid groups (broad SMARTS) is 1. The Bertz CT molecular complexity index is 740. The van der Waals surface area contributed by atoms with Gasteiger partial charge in [-0.15, -0.1) is 0 Å². The first kappa shape index (κ1) is 13.6. The van der Waals surface area contributed by atoms with Crippen LogP contribution in [0.25, 0.3) is 6.08 Å². The van der Waals surface area contributed by atoms with Crippen LogP contribution in [-0.2, 0) is 6.42 Å². The summed E-state index contributed by atoms with van der Waals surface area (Å²) >= 11 is 6.03. The van der Waals surface area contributed by atoms with Crippen molar-refractivity contribution in [1.29, 1.82) is 0 Å². The van der Waals surface area contributed by atoms with Crippen LogP contribution in [0.3, 0.4) is 0 Å². The number of aromatic carboxylic acids is 1. The lowest BCUT2D eigenvalue weighted by molar-refractivity contribution is 0.0695. The van der Waals surface area contributed by atoms with E-state index in [0.717, 1.165) is 11.1 Å². The molecule has 1 aromatic heterocycles.